The van der Waals surface area contributed by atoms with Crippen molar-refractivity contribution in [2.24, 2.45) is 0 Å². The summed E-state index contributed by atoms with van der Waals surface area (Å²) in [4.78, 5) is 0. The fraction of sp³-hybridized carbons (Fsp3) is 0.143. The van der Waals surface area contributed by atoms with Crippen LogP contribution < -0.4 is 4.74 Å². The minimum Gasteiger partial charge on any atom is -0.454 e. The van der Waals surface area contributed by atoms with Crippen molar-refractivity contribution in [1.82, 2.24) is 0 Å². The first-order valence-electron chi connectivity index (χ1n) is 5.58. The van der Waals surface area contributed by atoms with Crippen molar-refractivity contribution in [3.63, 3.8) is 0 Å². The third-order valence-electron chi connectivity index (χ3n) is 2.56. The van der Waals surface area contributed by atoms with Gasteiger partial charge in [-0.15, -0.1) is 0 Å². The number of hydrogen-bond acceptors (Lipinski definition) is 2. The van der Waals surface area contributed by atoms with Crippen LogP contribution in [-0.4, -0.2) is 5.11 Å². The van der Waals surface area contributed by atoms with E-state index in [4.69, 9.17) is 4.74 Å². The van der Waals surface area contributed by atoms with Crippen LogP contribution in [-0.2, 0) is 0 Å². The summed E-state index contributed by atoms with van der Waals surface area (Å²) in [6.45, 7) is 1.50. The summed E-state index contributed by atoms with van der Waals surface area (Å²) in [6.07, 6.45) is -0.883. The molecule has 5 heteroatoms. The van der Waals surface area contributed by atoms with Crippen molar-refractivity contribution in [3.05, 3.63) is 58.1 Å². The third-order valence-corrected chi connectivity index (χ3v) is 3.20. The normalized spacial score (nSPS) is 12.3. The average molecular weight is 329 g/mol. The summed E-state index contributed by atoms with van der Waals surface area (Å²) >= 11 is 3.02. The molecule has 1 unspecified atom stereocenters. The first-order valence-corrected chi connectivity index (χ1v) is 6.37. The molecule has 19 heavy (non-hydrogen) atoms. The van der Waals surface area contributed by atoms with Gasteiger partial charge in [0.2, 0.25) is 0 Å². The van der Waals surface area contributed by atoms with Crippen molar-refractivity contribution in [2.75, 3.05) is 0 Å². The van der Waals surface area contributed by atoms with E-state index in [9.17, 15) is 13.9 Å². The summed E-state index contributed by atoms with van der Waals surface area (Å²) in [6, 6.07) is 8.36. The van der Waals surface area contributed by atoms with Gasteiger partial charge < -0.3 is 9.84 Å². The third kappa shape index (κ3) is 3.11. The van der Waals surface area contributed by atoms with Crippen molar-refractivity contribution >= 4 is 15.9 Å². The Morgan fingerprint density at radius 1 is 1.16 bits per heavy atom. The molecule has 0 aliphatic heterocycles. The van der Waals surface area contributed by atoms with Crippen molar-refractivity contribution in [3.8, 4) is 11.5 Å². The van der Waals surface area contributed by atoms with Gasteiger partial charge >= 0.3 is 0 Å². The molecule has 0 saturated heterocycles. The second kappa shape index (κ2) is 5.67. The number of benzene rings is 2. The molecule has 0 aliphatic carbocycles. The van der Waals surface area contributed by atoms with Crippen LogP contribution >= 0.6 is 15.9 Å². The number of hydrogen-bond donors (Lipinski definition) is 1. The molecule has 1 atom stereocenters. The topological polar surface area (TPSA) is 29.5 Å². The van der Waals surface area contributed by atoms with E-state index in [2.05, 4.69) is 15.9 Å². The van der Waals surface area contributed by atoms with Crippen LogP contribution in [0.3, 0.4) is 0 Å². The highest BCUT2D eigenvalue weighted by molar-refractivity contribution is 9.10. The molecule has 0 fully saturated rings. The second-order valence-corrected chi connectivity index (χ2v) is 4.87. The van der Waals surface area contributed by atoms with E-state index >= 15 is 0 Å². The van der Waals surface area contributed by atoms with Crippen LogP contribution in [0.1, 0.15) is 18.6 Å². The smallest absolute Gasteiger partial charge is 0.168 e. The lowest BCUT2D eigenvalue weighted by molar-refractivity contribution is 0.194. The maximum Gasteiger partial charge on any atom is 0.168 e. The first kappa shape index (κ1) is 14.0. The van der Waals surface area contributed by atoms with E-state index in [1.807, 2.05) is 0 Å². The molecule has 1 N–H and O–H groups in total. The lowest BCUT2D eigenvalue weighted by atomic mass is 10.1. The quantitative estimate of drug-likeness (QED) is 0.894. The Kier molecular flexibility index (Phi) is 4.17. The molecular weight excluding hydrogens is 318 g/mol. The van der Waals surface area contributed by atoms with E-state index in [0.717, 1.165) is 6.07 Å². The molecule has 0 radical (unpaired) electrons. The molecular formula is C14H11BrF2O2. The molecule has 0 spiro atoms. The van der Waals surface area contributed by atoms with Gasteiger partial charge in [-0.3, -0.25) is 0 Å². The zero-order chi connectivity index (χ0) is 14.0. The highest BCUT2D eigenvalue weighted by atomic mass is 79.9. The zero-order valence-electron chi connectivity index (χ0n) is 10.0. The van der Waals surface area contributed by atoms with Crippen LogP contribution in [0.5, 0.6) is 11.5 Å². The Morgan fingerprint density at radius 3 is 2.53 bits per heavy atom. The molecule has 2 rings (SSSR count). The van der Waals surface area contributed by atoms with Gasteiger partial charge in [-0.25, -0.2) is 8.78 Å². The van der Waals surface area contributed by atoms with Crippen molar-refractivity contribution < 1.29 is 18.6 Å². The van der Waals surface area contributed by atoms with E-state index in [-0.39, 0.29) is 11.5 Å². The maximum atomic E-state index is 13.7. The summed E-state index contributed by atoms with van der Waals surface area (Å²) in [5.41, 5.74) is 0.309. The molecule has 0 aliphatic rings. The minimum absolute atomic E-state index is 0.0979. The molecule has 2 aromatic carbocycles. The Hall–Kier alpha value is -1.46. The van der Waals surface area contributed by atoms with Crippen LogP contribution in [0, 0.1) is 11.6 Å². The fourth-order valence-corrected chi connectivity index (χ4v) is 1.87. The SMILES string of the molecule is CC(O)c1cccc(F)c1Oc1ccc(Br)c(F)c1. The van der Waals surface area contributed by atoms with Gasteiger partial charge in [0, 0.05) is 11.6 Å². The van der Waals surface area contributed by atoms with E-state index < -0.39 is 17.7 Å². The van der Waals surface area contributed by atoms with Gasteiger partial charge in [-0.05, 0) is 41.1 Å². The Balaban J connectivity index is 2.40. The predicted octanol–water partition coefficient (Wildman–Crippen LogP) is 4.57. The average Bonchev–Trinajstić information content (AvgIpc) is 2.36. The monoisotopic (exact) mass is 328 g/mol. The van der Waals surface area contributed by atoms with Gasteiger partial charge in [0.25, 0.3) is 0 Å². The molecule has 0 amide bonds. The number of aliphatic hydroxyl groups is 1. The number of ether oxygens (including phenoxy) is 1. The first-order chi connectivity index (χ1) is 8.99. The van der Waals surface area contributed by atoms with Gasteiger partial charge in [-0.1, -0.05) is 12.1 Å². The van der Waals surface area contributed by atoms with E-state index in [1.165, 1.54) is 31.2 Å². The highest BCUT2D eigenvalue weighted by Crippen LogP contribution is 2.33. The molecule has 0 saturated carbocycles. The lowest BCUT2D eigenvalue weighted by Gasteiger charge is -2.14. The maximum absolute atomic E-state index is 13.7. The van der Waals surface area contributed by atoms with Crippen LogP contribution in [0.25, 0.3) is 0 Å². The number of rotatable bonds is 3. The predicted molar refractivity (Wildman–Crippen MR) is 71.2 cm³/mol. The van der Waals surface area contributed by atoms with Crippen LogP contribution in [0.4, 0.5) is 8.78 Å². The summed E-state index contributed by atoms with van der Waals surface area (Å²) in [5, 5.41) is 9.58. The van der Waals surface area contributed by atoms with Gasteiger partial charge in [-0.2, -0.15) is 0 Å². The Labute approximate surface area is 117 Å². The molecule has 2 aromatic rings. The molecule has 0 heterocycles. The standard InChI is InChI=1S/C14H11BrF2O2/c1-8(18)10-3-2-4-12(16)14(10)19-9-5-6-11(15)13(17)7-9/h2-8,18H,1H3. The van der Waals surface area contributed by atoms with Gasteiger partial charge in [0.15, 0.2) is 11.6 Å². The second-order valence-electron chi connectivity index (χ2n) is 4.01. The van der Waals surface area contributed by atoms with Crippen LogP contribution in [0.15, 0.2) is 40.9 Å². The zero-order valence-corrected chi connectivity index (χ0v) is 11.6. The van der Waals surface area contributed by atoms with E-state index in [0.29, 0.717) is 10.0 Å². The summed E-state index contributed by atoms with van der Waals surface area (Å²) < 4.78 is 32.7. The largest absolute Gasteiger partial charge is 0.454 e. The molecule has 0 bridgehead atoms. The van der Waals surface area contributed by atoms with Gasteiger partial charge in [0.05, 0.1) is 10.6 Å². The summed E-state index contributed by atoms with van der Waals surface area (Å²) in [5.74, 6) is -1.05. The van der Waals surface area contributed by atoms with Crippen LogP contribution in [0.2, 0.25) is 0 Å². The van der Waals surface area contributed by atoms with Crippen molar-refractivity contribution in [2.45, 2.75) is 13.0 Å². The van der Waals surface area contributed by atoms with E-state index in [1.54, 1.807) is 6.07 Å². The lowest BCUT2D eigenvalue weighted by Crippen LogP contribution is -1.99. The Bertz CT molecular complexity index is 600. The summed E-state index contributed by atoms with van der Waals surface area (Å²) in [7, 11) is 0. The van der Waals surface area contributed by atoms with Crippen molar-refractivity contribution in [1.29, 1.82) is 0 Å². The molecule has 0 aromatic heterocycles. The van der Waals surface area contributed by atoms with Gasteiger partial charge in [0.1, 0.15) is 11.6 Å². The number of aliphatic hydroxyl groups excluding tert-OH is 1. The number of para-hydroxylation sites is 1. The Morgan fingerprint density at radius 2 is 1.89 bits per heavy atom. The fourth-order valence-electron chi connectivity index (χ4n) is 1.62. The molecule has 100 valence electrons. The minimum atomic E-state index is -0.883. The molecule has 2 nitrogen and oxygen atoms in total. The highest BCUT2D eigenvalue weighted by Gasteiger charge is 2.15. The number of halogens is 3.